The van der Waals surface area contributed by atoms with E-state index in [2.05, 4.69) is 0 Å². The molecule has 2 aromatic carbocycles. The molecular weight excluding hydrogens is 298 g/mol. The Morgan fingerprint density at radius 1 is 1.24 bits per heavy atom. The number of hydrogen-bond donors (Lipinski definition) is 1. The third kappa shape index (κ3) is 3.70. The molecule has 108 valence electrons. The zero-order valence-electron chi connectivity index (χ0n) is 10.7. The van der Waals surface area contributed by atoms with Crippen LogP contribution in [0.2, 0.25) is 5.02 Å². The van der Waals surface area contributed by atoms with E-state index in [0.717, 1.165) is 11.6 Å². The van der Waals surface area contributed by atoms with Crippen molar-refractivity contribution in [2.45, 2.75) is 6.61 Å². The van der Waals surface area contributed by atoms with Crippen molar-refractivity contribution >= 4 is 23.3 Å². The molecule has 0 amide bonds. The Morgan fingerprint density at radius 2 is 1.90 bits per heavy atom. The maximum atomic E-state index is 11.0. The van der Waals surface area contributed by atoms with E-state index in [0.29, 0.717) is 5.02 Å². The number of carboxylic acids is 1. The van der Waals surface area contributed by atoms with E-state index in [1.165, 1.54) is 12.1 Å². The molecule has 0 aliphatic rings. The number of ether oxygens (including phenoxy) is 1. The molecule has 0 heterocycles. The molecule has 2 aromatic rings. The van der Waals surface area contributed by atoms with Crippen LogP contribution in [0.15, 0.2) is 42.5 Å². The van der Waals surface area contributed by atoms with Gasteiger partial charge in [-0.15, -0.1) is 0 Å². The number of aromatic carboxylic acids is 1. The largest absolute Gasteiger partial charge is 0.482 e. The summed E-state index contributed by atoms with van der Waals surface area (Å²) in [7, 11) is 0. The molecule has 6 nitrogen and oxygen atoms in total. The van der Waals surface area contributed by atoms with E-state index >= 15 is 0 Å². The number of nitro groups is 1. The average molecular weight is 308 g/mol. The van der Waals surface area contributed by atoms with Crippen LogP contribution in [0.3, 0.4) is 0 Å². The number of carbonyl (C=O) groups is 1. The highest BCUT2D eigenvalue weighted by atomic mass is 35.5. The Balaban J connectivity index is 2.21. The predicted molar refractivity (Wildman–Crippen MR) is 75.8 cm³/mol. The van der Waals surface area contributed by atoms with Crippen molar-refractivity contribution in [1.82, 2.24) is 0 Å². The zero-order chi connectivity index (χ0) is 15.4. The van der Waals surface area contributed by atoms with Crippen molar-refractivity contribution in [2.24, 2.45) is 0 Å². The number of nitrogens with zero attached hydrogens (tertiary/aromatic N) is 1. The molecular formula is C14H10ClNO5. The van der Waals surface area contributed by atoms with Crippen LogP contribution < -0.4 is 4.74 Å². The lowest BCUT2D eigenvalue weighted by molar-refractivity contribution is -0.386. The van der Waals surface area contributed by atoms with E-state index in [-0.39, 0.29) is 23.6 Å². The van der Waals surface area contributed by atoms with Gasteiger partial charge in [-0.2, -0.15) is 0 Å². The Hall–Kier alpha value is -2.60. The summed E-state index contributed by atoms with van der Waals surface area (Å²) in [6, 6.07) is 10.3. The van der Waals surface area contributed by atoms with Crippen molar-refractivity contribution in [3.05, 3.63) is 68.7 Å². The monoisotopic (exact) mass is 307 g/mol. The highest BCUT2D eigenvalue weighted by Gasteiger charge is 2.18. The van der Waals surface area contributed by atoms with E-state index in [4.69, 9.17) is 21.4 Å². The molecule has 0 bridgehead atoms. The highest BCUT2D eigenvalue weighted by molar-refractivity contribution is 6.30. The summed E-state index contributed by atoms with van der Waals surface area (Å²) in [5.74, 6) is -1.22. The highest BCUT2D eigenvalue weighted by Crippen LogP contribution is 2.28. The van der Waals surface area contributed by atoms with Gasteiger partial charge >= 0.3 is 11.7 Å². The van der Waals surface area contributed by atoms with Gasteiger partial charge in [-0.3, -0.25) is 10.1 Å². The van der Waals surface area contributed by atoms with Crippen molar-refractivity contribution in [1.29, 1.82) is 0 Å². The molecule has 0 saturated heterocycles. The molecule has 0 spiro atoms. The van der Waals surface area contributed by atoms with Gasteiger partial charge in [0.25, 0.3) is 0 Å². The number of rotatable bonds is 5. The standard InChI is InChI=1S/C14H10ClNO5/c15-11-4-1-9(2-5-11)8-21-13-6-3-10(14(17)18)7-12(13)16(19)20/h1-7H,8H2,(H,17,18). The molecule has 0 radical (unpaired) electrons. The van der Waals surface area contributed by atoms with Crippen LogP contribution in [0.5, 0.6) is 5.75 Å². The summed E-state index contributed by atoms with van der Waals surface area (Å²) in [5.41, 5.74) is 0.236. The topological polar surface area (TPSA) is 89.7 Å². The molecule has 0 saturated carbocycles. The van der Waals surface area contributed by atoms with E-state index in [9.17, 15) is 14.9 Å². The lowest BCUT2D eigenvalue weighted by Crippen LogP contribution is -2.02. The minimum Gasteiger partial charge on any atom is -0.482 e. The van der Waals surface area contributed by atoms with Crippen LogP contribution in [0.4, 0.5) is 5.69 Å². The van der Waals surface area contributed by atoms with E-state index in [1.54, 1.807) is 24.3 Å². The molecule has 7 heteroatoms. The van der Waals surface area contributed by atoms with Gasteiger partial charge in [0.1, 0.15) is 6.61 Å². The molecule has 2 rings (SSSR count). The van der Waals surface area contributed by atoms with Crippen molar-refractivity contribution < 1.29 is 19.6 Å². The van der Waals surface area contributed by atoms with Gasteiger partial charge < -0.3 is 9.84 Å². The van der Waals surface area contributed by atoms with Crippen molar-refractivity contribution in [2.75, 3.05) is 0 Å². The minimum atomic E-state index is -1.23. The lowest BCUT2D eigenvalue weighted by Gasteiger charge is -2.07. The smallest absolute Gasteiger partial charge is 0.335 e. The molecule has 1 N–H and O–H groups in total. The van der Waals surface area contributed by atoms with Crippen LogP contribution in [-0.2, 0) is 6.61 Å². The molecule has 0 aromatic heterocycles. The van der Waals surface area contributed by atoms with Gasteiger partial charge in [0.2, 0.25) is 0 Å². The van der Waals surface area contributed by atoms with Crippen LogP contribution in [0, 0.1) is 10.1 Å². The van der Waals surface area contributed by atoms with Crippen LogP contribution >= 0.6 is 11.6 Å². The summed E-state index contributed by atoms with van der Waals surface area (Å²) < 4.78 is 5.38. The van der Waals surface area contributed by atoms with Gasteiger partial charge in [-0.25, -0.2) is 4.79 Å². The van der Waals surface area contributed by atoms with Gasteiger partial charge in [0.15, 0.2) is 5.75 Å². The summed E-state index contributed by atoms with van der Waals surface area (Å²) in [5, 5.41) is 20.4. The van der Waals surface area contributed by atoms with Crippen LogP contribution in [-0.4, -0.2) is 16.0 Å². The van der Waals surface area contributed by atoms with Crippen LogP contribution in [0.1, 0.15) is 15.9 Å². The first-order chi connectivity index (χ1) is 9.97. The maximum Gasteiger partial charge on any atom is 0.335 e. The molecule has 0 aliphatic carbocycles. The number of halogens is 1. The third-order valence-electron chi connectivity index (χ3n) is 2.71. The average Bonchev–Trinajstić information content (AvgIpc) is 2.46. The van der Waals surface area contributed by atoms with E-state index < -0.39 is 10.9 Å². The number of hydrogen-bond acceptors (Lipinski definition) is 4. The summed E-state index contributed by atoms with van der Waals surface area (Å²) in [6.45, 7) is 0.116. The Morgan fingerprint density at radius 3 is 2.48 bits per heavy atom. The lowest BCUT2D eigenvalue weighted by atomic mass is 10.2. The Labute approximate surface area is 124 Å². The summed E-state index contributed by atoms with van der Waals surface area (Å²) in [6.07, 6.45) is 0. The molecule has 0 unspecified atom stereocenters. The first-order valence-corrected chi connectivity index (χ1v) is 6.24. The van der Waals surface area contributed by atoms with E-state index in [1.807, 2.05) is 0 Å². The number of benzene rings is 2. The maximum absolute atomic E-state index is 11.0. The van der Waals surface area contributed by atoms with Gasteiger partial charge in [0, 0.05) is 11.1 Å². The number of carboxylic acid groups (broad SMARTS) is 1. The van der Waals surface area contributed by atoms with Crippen LogP contribution in [0.25, 0.3) is 0 Å². The fourth-order valence-corrected chi connectivity index (χ4v) is 1.78. The van der Waals surface area contributed by atoms with Crippen molar-refractivity contribution in [3.8, 4) is 5.75 Å². The number of nitro benzene ring substituents is 1. The van der Waals surface area contributed by atoms with Gasteiger partial charge in [0.05, 0.1) is 10.5 Å². The first kappa shape index (κ1) is 14.8. The quantitative estimate of drug-likeness (QED) is 0.674. The molecule has 0 fully saturated rings. The fraction of sp³-hybridized carbons (Fsp3) is 0.0714. The van der Waals surface area contributed by atoms with Crippen molar-refractivity contribution in [3.63, 3.8) is 0 Å². The first-order valence-electron chi connectivity index (χ1n) is 5.86. The second-order valence-corrected chi connectivity index (χ2v) is 4.60. The fourth-order valence-electron chi connectivity index (χ4n) is 1.66. The Bertz CT molecular complexity index is 684. The normalized spacial score (nSPS) is 10.1. The van der Waals surface area contributed by atoms with Gasteiger partial charge in [-0.05, 0) is 29.8 Å². The summed E-state index contributed by atoms with van der Waals surface area (Å²) in [4.78, 5) is 21.1. The second kappa shape index (κ2) is 6.23. The SMILES string of the molecule is O=C(O)c1ccc(OCc2ccc(Cl)cc2)c([N+](=O)[O-])c1. The second-order valence-electron chi connectivity index (χ2n) is 4.16. The molecule has 21 heavy (non-hydrogen) atoms. The molecule has 0 atom stereocenters. The molecule has 0 aliphatic heterocycles. The Kier molecular flexibility index (Phi) is 4.39. The third-order valence-corrected chi connectivity index (χ3v) is 2.96. The van der Waals surface area contributed by atoms with Gasteiger partial charge in [-0.1, -0.05) is 23.7 Å². The minimum absolute atomic E-state index is 0.0138. The summed E-state index contributed by atoms with van der Waals surface area (Å²) >= 11 is 5.76. The predicted octanol–water partition coefficient (Wildman–Crippen LogP) is 3.53. The zero-order valence-corrected chi connectivity index (χ0v) is 11.4.